The van der Waals surface area contributed by atoms with Crippen LogP contribution in [-0.2, 0) is 19.4 Å². The Morgan fingerprint density at radius 1 is 0.821 bits per heavy atom. The molecular formula is C26H32N2. The lowest BCUT2D eigenvalue weighted by Crippen LogP contribution is -2.31. The monoisotopic (exact) mass is 372 g/mol. The molecule has 0 amide bonds. The zero-order chi connectivity index (χ0) is 20.1. The molecule has 0 aliphatic rings. The SMILES string of the molecule is CCc1cccc(CC)c1-c1ccc(N(Cc2ccccc2)C(C)C)c(C)n1. The van der Waals surface area contributed by atoms with Gasteiger partial charge in [-0.05, 0) is 62.4 Å². The molecule has 0 atom stereocenters. The minimum atomic E-state index is 0.403. The quantitative estimate of drug-likeness (QED) is 0.464. The Morgan fingerprint density at radius 2 is 1.46 bits per heavy atom. The van der Waals surface area contributed by atoms with Gasteiger partial charge >= 0.3 is 0 Å². The summed E-state index contributed by atoms with van der Waals surface area (Å²) >= 11 is 0. The normalized spacial score (nSPS) is 11.1. The van der Waals surface area contributed by atoms with E-state index in [0.717, 1.165) is 30.8 Å². The molecule has 0 spiro atoms. The third-order valence-electron chi connectivity index (χ3n) is 5.44. The molecule has 1 heterocycles. The minimum Gasteiger partial charge on any atom is -0.363 e. The molecule has 2 heteroatoms. The first-order valence-corrected chi connectivity index (χ1v) is 10.4. The van der Waals surface area contributed by atoms with Crippen LogP contribution in [0.2, 0.25) is 0 Å². The molecule has 0 saturated carbocycles. The van der Waals surface area contributed by atoms with Crippen LogP contribution in [0, 0.1) is 6.92 Å². The highest BCUT2D eigenvalue weighted by Gasteiger charge is 2.17. The van der Waals surface area contributed by atoms with Crippen molar-refractivity contribution in [3.8, 4) is 11.3 Å². The maximum absolute atomic E-state index is 5.06. The molecule has 0 bridgehead atoms. The molecule has 0 fully saturated rings. The Morgan fingerprint density at radius 3 is 2.00 bits per heavy atom. The largest absolute Gasteiger partial charge is 0.363 e. The number of benzene rings is 2. The predicted octanol–water partition coefficient (Wildman–Crippen LogP) is 6.60. The van der Waals surface area contributed by atoms with Crippen molar-refractivity contribution in [2.75, 3.05) is 4.90 Å². The van der Waals surface area contributed by atoms with E-state index in [0.29, 0.717) is 6.04 Å². The number of aryl methyl sites for hydroxylation is 3. The molecule has 0 saturated heterocycles. The topological polar surface area (TPSA) is 16.1 Å². The Labute approximate surface area is 170 Å². The van der Waals surface area contributed by atoms with Crippen molar-refractivity contribution >= 4 is 5.69 Å². The third kappa shape index (κ3) is 4.27. The van der Waals surface area contributed by atoms with Gasteiger partial charge < -0.3 is 4.90 Å². The predicted molar refractivity (Wildman–Crippen MR) is 121 cm³/mol. The van der Waals surface area contributed by atoms with Crippen LogP contribution in [0.15, 0.2) is 60.7 Å². The second kappa shape index (κ2) is 9.05. The van der Waals surface area contributed by atoms with Gasteiger partial charge in [0.05, 0.1) is 17.1 Å². The van der Waals surface area contributed by atoms with Gasteiger partial charge in [-0.2, -0.15) is 0 Å². The molecule has 0 N–H and O–H groups in total. The summed E-state index contributed by atoms with van der Waals surface area (Å²) in [5, 5.41) is 0. The minimum absolute atomic E-state index is 0.403. The van der Waals surface area contributed by atoms with E-state index in [1.807, 2.05) is 0 Å². The van der Waals surface area contributed by atoms with Crippen LogP contribution in [0.5, 0.6) is 0 Å². The maximum Gasteiger partial charge on any atom is 0.0712 e. The van der Waals surface area contributed by atoms with Crippen molar-refractivity contribution in [3.05, 3.63) is 83.0 Å². The van der Waals surface area contributed by atoms with Crippen LogP contribution in [0.4, 0.5) is 5.69 Å². The van der Waals surface area contributed by atoms with E-state index < -0.39 is 0 Å². The Balaban J connectivity index is 2.00. The lowest BCUT2D eigenvalue weighted by atomic mass is 9.94. The number of hydrogen-bond acceptors (Lipinski definition) is 2. The Bertz CT molecular complexity index is 891. The van der Waals surface area contributed by atoms with Gasteiger partial charge in [-0.3, -0.25) is 4.98 Å². The summed E-state index contributed by atoms with van der Waals surface area (Å²) in [6.45, 7) is 12.0. The summed E-state index contributed by atoms with van der Waals surface area (Å²) in [4.78, 5) is 7.50. The molecule has 3 aromatic rings. The van der Waals surface area contributed by atoms with Crippen LogP contribution >= 0.6 is 0 Å². The van der Waals surface area contributed by atoms with Crippen LogP contribution in [-0.4, -0.2) is 11.0 Å². The summed E-state index contributed by atoms with van der Waals surface area (Å²) in [6, 6.07) is 22.2. The number of rotatable bonds is 7. The Kier molecular flexibility index (Phi) is 6.51. The van der Waals surface area contributed by atoms with Gasteiger partial charge in [-0.25, -0.2) is 0 Å². The first-order chi connectivity index (χ1) is 13.5. The molecule has 2 aromatic carbocycles. The number of nitrogens with zero attached hydrogens (tertiary/aromatic N) is 2. The Hall–Kier alpha value is -2.61. The van der Waals surface area contributed by atoms with Gasteiger partial charge in [0.25, 0.3) is 0 Å². The lowest BCUT2D eigenvalue weighted by Gasteiger charge is -2.30. The highest BCUT2D eigenvalue weighted by molar-refractivity contribution is 5.70. The summed E-state index contributed by atoms with van der Waals surface area (Å²) in [5.74, 6) is 0. The van der Waals surface area contributed by atoms with Gasteiger partial charge in [-0.15, -0.1) is 0 Å². The molecular weight excluding hydrogens is 340 g/mol. The number of anilines is 1. The zero-order valence-corrected chi connectivity index (χ0v) is 17.9. The molecule has 146 valence electrons. The molecule has 0 radical (unpaired) electrons. The first kappa shape index (κ1) is 20.1. The van der Waals surface area contributed by atoms with Crippen LogP contribution in [0.1, 0.15) is 50.1 Å². The van der Waals surface area contributed by atoms with Crippen molar-refractivity contribution in [2.45, 2.75) is 60.0 Å². The second-order valence-corrected chi connectivity index (χ2v) is 7.67. The van der Waals surface area contributed by atoms with Crippen molar-refractivity contribution in [2.24, 2.45) is 0 Å². The van der Waals surface area contributed by atoms with E-state index in [-0.39, 0.29) is 0 Å². The van der Waals surface area contributed by atoms with Crippen LogP contribution < -0.4 is 4.90 Å². The fourth-order valence-electron chi connectivity index (χ4n) is 3.89. The van der Waals surface area contributed by atoms with E-state index in [1.165, 1.54) is 27.9 Å². The summed E-state index contributed by atoms with van der Waals surface area (Å²) in [7, 11) is 0. The highest BCUT2D eigenvalue weighted by Crippen LogP contribution is 2.31. The molecule has 3 rings (SSSR count). The van der Waals surface area contributed by atoms with E-state index in [2.05, 4.69) is 100 Å². The first-order valence-electron chi connectivity index (χ1n) is 10.4. The zero-order valence-electron chi connectivity index (χ0n) is 17.9. The van der Waals surface area contributed by atoms with Crippen LogP contribution in [0.3, 0.4) is 0 Å². The van der Waals surface area contributed by atoms with E-state index in [9.17, 15) is 0 Å². The summed E-state index contributed by atoms with van der Waals surface area (Å²) in [5.41, 5.74) is 8.81. The van der Waals surface area contributed by atoms with Crippen molar-refractivity contribution in [1.29, 1.82) is 0 Å². The summed E-state index contributed by atoms with van der Waals surface area (Å²) < 4.78 is 0. The standard InChI is InChI=1S/C26H32N2/c1-6-22-14-11-15-23(7-2)26(22)24-16-17-25(20(5)27-24)28(19(3)4)18-21-12-9-8-10-13-21/h8-17,19H,6-7,18H2,1-5H3. The van der Waals surface area contributed by atoms with Crippen LogP contribution in [0.25, 0.3) is 11.3 Å². The van der Waals surface area contributed by atoms with Gasteiger partial charge in [0, 0.05) is 18.2 Å². The molecule has 0 aliphatic carbocycles. The molecule has 0 aliphatic heterocycles. The highest BCUT2D eigenvalue weighted by atomic mass is 15.2. The molecule has 0 unspecified atom stereocenters. The van der Waals surface area contributed by atoms with Crippen molar-refractivity contribution < 1.29 is 0 Å². The third-order valence-corrected chi connectivity index (χ3v) is 5.44. The molecule has 1 aromatic heterocycles. The smallest absolute Gasteiger partial charge is 0.0712 e. The van der Waals surface area contributed by atoms with Crippen molar-refractivity contribution in [1.82, 2.24) is 4.98 Å². The van der Waals surface area contributed by atoms with E-state index in [4.69, 9.17) is 4.98 Å². The fourth-order valence-corrected chi connectivity index (χ4v) is 3.89. The van der Waals surface area contributed by atoms with Gasteiger partial charge in [0.15, 0.2) is 0 Å². The van der Waals surface area contributed by atoms with Gasteiger partial charge in [0.1, 0.15) is 0 Å². The average Bonchev–Trinajstić information content (AvgIpc) is 2.72. The average molecular weight is 373 g/mol. The number of hydrogen-bond donors (Lipinski definition) is 0. The molecule has 2 nitrogen and oxygen atoms in total. The maximum atomic E-state index is 5.06. The number of pyridine rings is 1. The van der Waals surface area contributed by atoms with Crippen molar-refractivity contribution in [3.63, 3.8) is 0 Å². The number of aromatic nitrogens is 1. The summed E-state index contributed by atoms with van der Waals surface area (Å²) in [6.07, 6.45) is 2.05. The van der Waals surface area contributed by atoms with E-state index >= 15 is 0 Å². The second-order valence-electron chi connectivity index (χ2n) is 7.67. The molecule has 28 heavy (non-hydrogen) atoms. The fraction of sp³-hybridized carbons (Fsp3) is 0.346. The van der Waals surface area contributed by atoms with Gasteiger partial charge in [0.2, 0.25) is 0 Å². The van der Waals surface area contributed by atoms with Gasteiger partial charge in [-0.1, -0.05) is 62.4 Å². The van der Waals surface area contributed by atoms with E-state index in [1.54, 1.807) is 0 Å². The lowest BCUT2D eigenvalue weighted by molar-refractivity contribution is 0.678.